The third kappa shape index (κ3) is 1.65. The number of hydrogen-bond acceptors (Lipinski definition) is 5. The highest BCUT2D eigenvalue weighted by Crippen LogP contribution is 2.07. The number of H-pyrrole nitrogens is 1. The molecule has 0 saturated heterocycles. The molecule has 0 radical (unpaired) electrons. The lowest BCUT2D eigenvalue weighted by Crippen LogP contribution is -2.11. The number of nitrogens with one attached hydrogen (secondary N) is 1. The molecular weight excluding hydrogens is 144 g/mol. The summed E-state index contributed by atoms with van der Waals surface area (Å²) in [5.41, 5.74) is 10.7. The van der Waals surface area contributed by atoms with Gasteiger partial charge in [-0.2, -0.15) is 10.2 Å². The van der Waals surface area contributed by atoms with Crippen molar-refractivity contribution < 1.29 is 0 Å². The molecule has 0 spiro atoms. The minimum absolute atomic E-state index is 0.147. The van der Waals surface area contributed by atoms with E-state index in [1.807, 2.05) is 6.07 Å². The van der Waals surface area contributed by atoms with Gasteiger partial charge in [-0.1, -0.05) is 0 Å². The second kappa shape index (κ2) is 2.98. The summed E-state index contributed by atoms with van der Waals surface area (Å²) in [4.78, 5) is 3.76. The Morgan fingerprint density at radius 2 is 2.45 bits per heavy atom. The number of nitrogens with zero attached hydrogens (tertiary/aromatic N) is 3. The summed E-state index contributed by atoms with van der Waals surface area (Å²) < 4.78 is 0. The van der Waals surface area contributed by atoms with E-state index in [9.17, 15) is 0 Å². The van der Waals surface area contributed by atoms with Gasteiger partial charge in [0, 0.05) is 0 Å². The van der Waals surface area contributed by atoms with Gasteiger partial charge in [0.1, 0.15) is 5.82 Å². The van der Waals surface area contributed by atoms with E-state index in [1.165, 1.54) is 0 Å². The van der Waals surface area contributed by atoms with Gasteiger partial charge in [0.15, 0.2) is 0 Å². The SMILES string of the molecule is N#CCC(N)c1nc(N)n[nH]1. The zero-order valence-corrected chi connectivity index (χ0v) is 5.78. The fourth-order valence-electron chi connectivity index (χ4n) is 0.649. The Morgan fingerprint density at radius 1 is 1.73 bits per heavy atom. The third-order valence-corrected chi connectivity index (χ3v) is 1.18. The largest absolute Gasteiger partial charge is 0.367 e. The number of aromatic nitrogens is 3. The van der Waals surface area contributed by atoms with Crippen LogP contribution in [0.3, 0.4) is 0 Å². The molecule has 0 saturated carbocycles. The average molecular weight is 152 g/mol. The van der Waals surface area contributed by atoms with E-state index in [1.54, 1.807) is 0 Å². The predicted octanol–water partition coefficient (Wildman–Crippen LogP) is -0.700. The topological polar surface area (TPSA) is 117 Å². The molecule has 1 aromatic rings. The van der Waals surface area contributed by atoms with Crippen LogP contribution in [0.1, 0.15) is 18.3 Å². The second-order valence-electron chi connectivity index (χ2n) is 2.05. The van der Waals surface area contributed by atoms with E-state index in [0.29, 0.717) is 5.82 Å². The van der Waals surface area contributed by atoms with Gasteiger partial charge >= 0.3 is 0 Å². The summed E-state index contributed by atoms with van der Waals surface area (Å²) in [6, 6.07) is 1.50. The first-order chi connectivity index (χ1) is 5.24. The van der Waals surface area contributed by atoms with Crippen molar-refractivity contribution in [3.05, 3.63) is 5.82 Å². The smallest absolute Gasteiger partial charge is 0.239 e. The van der Waals surface area contributed by atoms with Crippen LogP contribution in [0.15, 0.2) is 0 Å². The number of hydrogen-bond donors (Lipinski definition) is 3. The lowest BCUT2D eigenvalue weighted by Gasteiger charge is -1.99. The van der Waals surface area contributed by atoms with Crippen LogP contribution in [0.5, 0.6) is 0 Å². The van der Waals surface area contributed by atoms with Crippen LogP contribution < -0.4 is 11.5 Å². The summed E-state index contributed by atoms with van der Waals surface area (Å²) in [6.07, 6.45) is 0.203. The molecule has 1 rings (SSSR count). The van der Waals surface area contributed by atoms with Crippen LogP contribution in [0, 0.1) is 11.3 Å². The lowest BCUT2D eigenvalue weighted by atomic mass is 10.2. The molecule has 0 aliphatic rings. The molecular formula is C5H8N6. The molecule has 6 heteroatoms. The first kappa shape index (κ1) is 7.50. The maximum atomic E-state index is 8.28. The van der Waals surface area contributed by atoms with Gasteiger partial charge in [0.05, 0.1) is 18.5 Å². The fourth-order valence-corrected chi connectivity index (χ4v) is 0.649. The highest BCUT2D eigenvalue weighted by molar-refractivity contribution is 5.14. The number of rotatable bonds is 2. The van der Waals surface area contributed by atoms with Crippen molar-refractivity contribution in [1.29, 1.82) is 5.26 Å². The lowest BCUT2D eigenvalue weighted by molar-refractivity contribution is 0.692. The zero-order valence-electron chi connectivity index (χ0n) is 5.78. The summed E-state index contributed by atoms with van der Waals surface area (Å²) in [7, 11) is 0. The normalized spacial score (nSPS) is 12.4. The Balaban J connectivity index is 2.70. The summed E-state index contributed by atoms with van der Waals surface area (Å²) in [6.45, 7) is 0. The summed E-state index contributed by atoms with van der Waals surface area (Å²) in [5.74, 6) is 0.595. The molecule has 0 bridgehead atoms. The van der Waals surface area contributed by atoms with Crippen molar-refractivity contribution in [2.45, 2.75) is 12.5 Å². The van der Waals surface area contributed by atoms with E-state index in [4.69, 9.17) is 16.7 Å². The molecule has 0 aliphatic heterocycles. The van der Waals surface area contributed by atoms with Crippen LogP contribution in [-0.4, -0.2) is 15.2 Å². The van der Waals surface area contributed by atoms with Crippen LogP contribution >= 0.6 is 0 Å². The quantitative estimate of drug-likeness (QED) is 0.518. The number of nitriles is 1. The van der Waals surface area contributed by atoms with Crippen LogP contribution in [0.4, 0.5) is 5.95 Å². The number of aromatic amines is 1. The predicted molar refractivity (Wildman–Crippen MR) is 38.0 cm³/mol. The molecule has 58 valence electrons. The Hall–Kier alpha value is -1.61. The summed E-state index contributed by atoms with van der Waals surface area (Å²) in [5, 5.41) is 14.4. The Kier molecular flexibility index (Phi) is 2.03. The van der Waals surface area contributed by atoms with Gasteiger partial charge < -0.3 is 11.5 Å². The molecule has 0 fully saturated rings. The molecule has 11 heavy (non-hydrogen) atoms. The average Bonchev–Trinajstić information content (AvgIpc) is 2.36. The summed E-state index contributed by atoms with van der Waals surface area (Å²) >= 11 is 0. The third-order valence-electron chi connectivity index (χ3n) is 1.18. The highest BCUT2D eigenvalue weighted by atomic mass is 15.3. The molecule has 1 atom stereocenters. The van der Waals surface area contributed by atoms with Crippen molar-refractivity contribution in [3.8, 4) is 6.07 Å². The van der Waals surface area contributed by atoms with Gasteiger partial charge in [-0.05, 0) is 0 Å². The van der Waals surface area contributed by atoms with Crippen molar-refractivity contribution in [2.24, 2.45) is 5.73 Å². The second-order valence-corrected chi connectivity index (χ2v) is 2.05. The standard InChI is InChI=1S/C5H8N6/c6-2-1-3(7)4-9-5(8)11-10-4/h3H,1,7H2,(H3,8,9,10,11). The highest BCUT2D eigenvalue weighted by Gasteiger charge is 2.08. The number of anilines is 1. The molecule has 6 nitrogen and oxygen atoms in total. The maximum absolute atomic E-state index is 8.28. The van der Waals surface area contributed by atoms with E-state index in [2.05, 4.69) is 15.2 Å². The van der Waals surface area contributed by atoms with Crippen molar-refractivity contribution in [3.63, 3.8) is 0 Å². The minimum Gasteiger partial charge on any atom is -0.367 e. The van der Waals surface area contributed by atoms with E-state index in [0.717, 1.165) is 0 Å². The van der Waals surface area contributed by atoms with Crippen molar-refractivity contribution in [1.82, 2.24) is 15.2 Å². The Labute approximate surface area is 63.2 Å². The molecule has 1 unspecified atom stereocenters. The van der Waals surface area contributed by atoms with Crippen molar-refractivity contribution in [2.75, 3.05) is 5.73 Å². The monoisotopic (exact) mass is 152 g/mol. The number of nitrogen functional groups attached to an aromatic ring is 1. The first-order valence-corrected chi connectivity index (χ1v) is 3.04. The van der Waals surface area contributed by atoms with Crippen LogP contribution in [-0.2, 0) is 0 Å². The number of nitrogens with two attached hydrogens (primary N) is 2. The van der Waals surface area contributed by atoms with Gasteiger partial charge in [-0.3, -0.25) is 5.10 Å². The van der Waals surface area contributed by atoms with Gasteiger partial charge in [0.2, 0.25) is 5.95 Å². The molecule has 0 aliphatic carbocycles. The molecule has 5 N–H and O–H groups in total. The first-order valence-electron chi connectivity index (χ1n) is 3.04. The zero-order chi connectivity index (χ0) is 8.27. The molecule has 0 amide bonds. The van der Waals surface area contributed by atoms with Gasteiger partial charge in [0.25, 0.3) is 0 Å². The van der Waals surface area contributed by atoms with Crippen LogP contribution in [0.25, 0.3) is 0 Å². The van der Waals surface area contributed by atoms with E-state index < -0.39 is 6.04 Å². The van der Waals surface area contributed by atoms with Gasteiger partial charge in [-0.25, -0.2) is 0 Å². The minimum atomic E-state index is -0.426. The molecule has 0 aromatic carbocycles. The van der Waals surface area contributed by atoms with E-state index >= 15 is 0 Å². The Bertz CT molecular complexity index is 271. The molecule has 1 heterocycles. The van der Waals surface area contributed by atoms with Crippen LogP contribution in [0.2, 0.25) is 0 Å². The van der Waals surface area contributed by atoms with Gasteiger partial charge in [-0.15, -0.1) is 5.10 Å². The maximum Gasteiger partial charge on any atom is 0.239 e. The molecule has 1 aromatic heterocycles. The fraction of sp³-hybridized carbons (Fsp3) is 0.400. The van der Waals surface area contributed by atoms with E-state index in [-0.39, 0.29) is 12.4 Å². The Morgan fingerprint density at radius 3 is 2.91 bits per heavy atom. The van der Waals surface area contributed by atoms with Crippen molar-refractivity contribution >= 4 is 5.95 Å².